The molecule has 0 aliphatic heterocycles. The first-order valence-electron chi connectivity index (χ1n) is 5.19. The van der Waals surface area contributed by atoms with Gasteiger partial charge < -0.3 is 0 Å². The van der Waals surface area contributed by atoms with E-state index >= 15 is 0 Å². The lowest BCUT2D eigenvalue weighted by molar-refractivity contribution is 1.21. The summed E-state index contributed by atoms with van der Waals surface area (Å²) in [6.07, 6.45) is 3.41. The second kappa shape index (κ2) is 4.46. The molecule has 0 aromatic carbocycles. The molecular weight excluding hydrogens is 289 g/mol. The van der Waals surface area contributed by atoms with Crippen molar-refractivity contribution in [1.82, 2.24) is 15.0 Å². The summed E-state index contributed by atoms with van der Waals surface area (Å²) in [5, 5.41) is 1.75. The Balaban J connectivity index is 2.28. The van der Waals surface area contributed by atoms with Crippen molar-refractivity contribution in [1.29, 1.82) is 0 Å². The summed E-state index contributed by atoms with van der Waals surface area (Å²) in [4.78, 5) is 14.6. The summed E-state index contributed by atoms with van der Waals surface area (Å²) < 4.78 is 0. The van der Waals surface area contributed by atoms with E-state index in [0.29, 0.717) is 16.0 Å². The Morgan fingerprint density at radius 1 is 1.22 bits per heavy atom. The van der Waals surface area contributed by atoms with Crippen molar-refractivity contribution in [3.63, 3.8) is 0 Å². The lowest BCUT2D eigenvalue weighted by atomic mass is 10.2. The molecule has 18 heavy (non-hydrogen) atoms. The number of aromatic nitrogens is 3. The largest absolute Gasteiger partial charge is 0.264 e. The molecule has 3 heterocycles. The van der Waals surface area contributed by atoms with Crippen molar-refractivity contribution in [2.45, 2.75) is 6.92 Å². The maximum absolute atomic E-state index is 6.18. The molecule has 3 nitrogen and oxygen atoms in total. The quantitative estimate of drug-likeness (QED) is 0.626. The van der Waals surface area contributed by atoms with Crippen molar-refractivity contribution in [3.8, 4) is 11.4 Å². The highest BCUT2D eigenvalue weighted by Crippen LogP contribution is 2.38. The minimum absolute atomic E-state index is 0.383. The fourth-order valence-corrected chi connectivity index (χ4v) is 3.30. The van der Waals surface area contributed by atoms with Gasteiger partial charge in [-0.25, -0.2) is 9.97 Å². The molecule has 0 saturated carbocycles. The Kier molecular flexibility index (Phi) is 2.93. The second-order valence-corrected chi connectivity index (χ2v) is 5.67. The van der Waals surface area contributed by atoms with E-state index < -0.39 is 0 Å². The van der Waals surface area contributed by atoms with E-state index in [1.165, 1.54) is 11.3 Å². The fourth-order valence-electron chi connectivity index (χ4n) is 1.66. The molecule has 0 spiro atoms. The Morgan fingerprint density at radius 3 is 2.78 bits per heavy atom. The highest BCUT2D eigenvalue weighted by molar-refractivity contribution is 7.19. The van der Waals surface area contributed by atoms with Crippen LogP contribution < -0.4 is 0 Å². The second-order valence-electron chi connectivity index (χ2n) is 3.73. The predicted molar refractivity (Wildman–Crippen MR) is 75.4 cm³/mol. The van der Waals surface area contributed by atoms with E-state index in [4.69, 9.17) is 23.2 Å². The molecule has 0 unspecified atom stereocenters. The molecule has 0 radical (unpaired) electrons. The maximum atomic E-state index is 6.18. The van der Waals surface area contributed by atoms with Gasteiger partial charge in [0.25, 0.3) is 0 Å². The van der Waals surface area contributed by atoms with Crippen LogP contribution in [0.15, 0.2) is 24.5 Å². The van der Waals surface area contributed by atoms with Gasteiger partial charge in [0.15, 0.2) is 5.82 Å². The van der Waals surface area contributed by atoms with Crippen LogP contribution in [0.5, 0.6) is 0 Å². The Morgan fingerprint density at radius 2 is 2.06 bits per heavy atom. The minimum atomic E-state index is 0.383. The van der Waals surface area contributed by atoms with Gasteiger partial charge in [0.1, 0.15) is 9.98 Å². The van der Waals surface area contributed by atoms with Crippen LogP contribution in [-0.2, 0) is 0 Å². The van der Waals surface area contributed by atoms with E-state index in [1.807, 2.05) is 19.1 Å². The highest BCUT2D eigenvalue weighted by atomic mass is 35.5. The number of aryl methyl sites for hydroxylation is 1. The normalized spacial score (nSPS) is 11.1. The summed E-state index contributed by atoms with van der Waals surface area (Å²) >= 11 is 13.9. The Bertz CT molecular complexity index is 725. The van der Waals surface area contributed by atoms with Gasteiger partial charge in [0.05, 0.1) is 10.4 Å². The number of hydrogen-bond acceptors (Lipinski definition) is 4. The number of thiophene rings is 1. The van der Waals surface area contributed by atoms with Gasteiger partial charge in [0, 0.05) is 22.8 Å². The summed E-state index contributed by atoms with van der Waals surface area (Å²) in [6, 6.07) is 3.73. The fraction of sp³-hybridized carbons (Fsp3) is 0.0833. The molecule has 0 fully saturated rings. The molecule has 0 atom stereocenters. The first-order chi connectivity index (χ1) is 8.66. The molecule has 0 aliphatic carbocycles. The molecule has 0 bridgehead atoms. The third kappa shape index (κ3) is 1.86. The van der Waals surface area contributed by atoms with Gasteiger partial charge in [-0.2, -0.15) is 0 Å². The van der Waals surface area contributed by atoms with Crippen LogP contribution in [0.4, 0.5) is 0 Å². The van der Waals surface area contributed by atoms with Gasteiger partial charge in [-0.05, 0) is 19.1 Å². The summed E-state index contributed by atoms with van der Waals surface area (Å²) in [5.74, 6) is 0.568. The first kappa shape index (κ1) is 11.8. The third-order valence-electron chi connectivity index (χ3n) is 2.53. The predicted octanol–water partition coefficient (Wildman–Crippen LogP) is 4.37. The summed E-state index contributed by atoms with van der Waals surface area (Å²) in [7, 11) is 0. The van der Waals surface area contributed by atoms with E-state index in [-0.39, 0.29) is 0 Å². The smallest absolute Gasteiger partial charge is 0.164 e. The van der Waals surface area contributed by atoms with E-state index in [2.05, 4.69) is 15.0 Å². The lowest BCUT2D eigenvalue weighted by Crippen LogP contribution is -1.90. The van der Waals surface area contributed by atoms with E-state index in [1.54, 1.807) is 12.4 Å². The molecule has 0 N–H and O–H groups in total. The van der Waals surface area contributed by atoms with E-state index in [0.717, 1.165) is 20.7 Å². The Hall–Kier alpha value is -1.23. The topological polar surface area (TPSA) is 38.7 Å². The minimum Gasteiger partial charge on any atom is -0.264 e. The average molecular weight is 296 g/mol. The van der Waals surface area contributed by atoms with Crippen molar-refractivity contribution >= 4 is 44.8 Å². The van der Waals surface area contributed by atoms with E-state index in [9.17, 15) is 0 Å². The van der Waals surface area contributed by atoms with Crippen LogP contribution in [0.1, 0.15) is 4.88 Å². The van der Waals surface area contributed by atoms with Crippen LogP contribution >= 0.6 is 34.5 Å². The van der Waals surface area contributed by atoms with Crippen molar-refractivity contribution in [3.05, 3.63) is 39.6 Å². The molecule has 0 aliphatic rings. The molecule has 6 heteroatoms. The molecule has 3 rings (SSSR count). The molecule has 3 aromatic heterocycles. The van der Waals surface area contributed by atoms with Gasteiger partial charge >= 0.3 is 0 Å². The van der Waals surface area contributed by atoms with Gasteiger partial charge in [0.2, 0.25) is 0 Å². The van der Waals surface area contributed by atoms with Gasteiger partial charge in [-0.15, -0.1) is 11.3 Å². The SMILES string of the molecule is Cc1sc2nc(-c3cccnc3)nc(Cl)c2c1Cl. The maximum Gasteiger partial charge on any atom is 0.164 e. The lowest BCUT2D eigenvalue weighted by Gasteiger charge is -2.01. The number of rotatable bonds is 1. The van der Waals surface area contributed by atoms with Crippen molar-refractivity contribution in [2.75, 3.05) is 0 Å². The van der Waals surface area contributed by atoms with Crippen molar-refractivity contribution in [2.24, 2.45) is 0 Å². The van der Waals surface area contributed by atoms with Crippen LogP contribution in [0.2, 0.25) is 10.2 Å². The number of halogens is 2. The zero-order valence-corrected chi connectivity index (χ0v) is 11.6. The third-order valence-corrected chi connectivity index (χ3v) is 4.39. The van der Waals surface area contributed by atoms with Crippen LogP contribution in [0.3, 0.4) is 0 Å². The molecule has 0 amide bonds. The monoisotopic (exact) mass is 295 g/mol. The zero-order chi connectivity index (χ0) is 12.7. The zero-order valence-electron chi connectivity index (χ0n) is 9.32. The molecule has 90 valence electrons. The summed E-state index contributed by atoms with van der Waals surface area (Å²) in [6.45, 7) is 1.94. The number of fused-ring (bicyclic) bond motifs is 1. The number of hydrogen-bond donors (Lipinski definition) is 0. The summed E-state index contributed by atoms with van der Waals surface area (Å²) in [5.41, 5.74) is 0.837. The van der Waals surface area contributed by atoms with Gasteiger partial charge in [-0.1, -0.05) is 23.2 Å². The molecule has 0 saturated heterocycles. The standard InChI is InChI=1S/C12H7Cl2N3S/c1-6-9(13)8-10(14)16-11(17-12(8)18-6)7-3-2-4-15-5-7/h2-5H,1H3. The molecule has 3 aromatic rings. The number of pyridine rings is 1. The van der Waals surface area contributed by atoms with Crippen LogP contribution in [0, 0.1) is 6.92 Å². The Labute approximate surface area is 117 Å². The first-order valence-corrected chi connectivity index (χ1v) is 6.76. The number of nitrogens with zero attached hydrogens (tertiary/aromatic N) is 3. The highest BCUT2D eigenvalue weighted by Gasteiger charge is 2.15. The average Bonchev–Trinajstić information content (AvgIpc) is 2.66. The van der Waals surface area contributed by atoms with Crippen LogP contribution in [0.25, 0.3) is 21.6 Å². The van der Waals surface area contributed by atoms with Gasteiger partial charge in [-0.3, -0.25) is 4.98 Å². The van der Waals surface area contributed by atoms with Crippen molar-refractivity contribution < 1.29 is 0 Å². The molecular formula is C12H7Cl2N3S. The van der Waals surface area contributed by atoms with Crippen LogP contribution in [-0.4, -0.2) is 15.0 Å².